The number of hydrogen-bond donors (Lipinski definition) is 1. The standard InChI is InChI=1S/C21H30FN3O4S2/c1-30-15-10-19(21(27)24-11-2-3-12-24)23-20(26)16-8-13-25(14-9-16)31(28,29)18-6-4-17(22)5-7-18/h4-7,16,19H,2-3,8-15H2,1H3,(H,23,26)/t19-/m1/s1. The Morgan fingerprint density at radius 1 is 1.13 bits per heavy atom. The molecule has 3 rings (SSSR count). The molecule has 7 nitrogen and oxygen atoms in total. The second-order valence-electron chi connectivity index (χ2n) is 8.01. The fourth-order valence-corrected chi connectivity index (χ4v) is 6.00. The van der Waals surface area contributed by atoms with E-state index in [2.05, 4.69) is 5.32 Å². The van der Waals surface area contributed by atoms with E-state index in [1.807, 2.05) is 11.2 Å². The number of amides is 2. The van der Waals surface area contributed by atoms with Gasteiger partial charge in [-0.3, -0.25) is 9.59 Å². The van der Waals surface area contributed by atoms with E-state index in [1.165, 1.54) is 16.4 Å². The maximum absolute atomic E-state index is 13.1. The zero-order valence-corrected chi connectivity index (χ0v) is 19.4. The first kappa shape index (κ1) is 24.0. The lowest BCUT2D eigenvalue weighted by atomic mass is 9.96. The fourth-order valence-electron chi connectivity index (χ4n) is 4.05. The van der Waals surface area contributed by atoms with Crippen LogP contribution in [-0.2, 0) is 19.6 Å². The lowest BCUT2D eigenvalue weighted by molar-refractivity contribution is -0.137. The highest BCUT2D eigenvalue weighted by Gasteiger charge is 2.34. The second kappa shape index (κ2) is 10.8. The van der Waals surface area contributed by atoms with Gasteiger partial charge in [-0.15, -0.1) is 0 Å². The van der Waals surface area contributed by atoms with Crippen molar-refractivity contribution in [1.29, 1.82) is 0 Å². The molecule has 0 aliphatic carbocycles. The molecule has 31 heavy (non-hydrogen) atoms. The number of rotatable bonds is 8. The Morgan fingerprint density at radius 2 is 1.74 bits per heavy atom. The molecule has 0 bridgehead atoms. The molecule has 172 valence electrons. The first-order valence-corrected chi connectivity index (χ1v) is 13.5. The number of nitrogens with zero attached hydrogens (tertiary/aromatic N) is 2. The van der Waals surface area contributed by atoms with Gasteiger partial charge in [-0.25, -0.2) is 12.8 Å². The Bertz CT molecular complexity index is 865. The minimum atomic E-state index is -3.72. The number of halogens is 1. The smallest absolute Gasteiger partial charge is 0.245 e. The quantitative estimate of drug-likeness (QED) is 0.627. The number of benzene rings is 1. The lowest BCUT2D eigenvalue weighted by Crippen LogP contribution is -2.51. The molecular formula is C21H30FN3O4S2. The predicted molar refractivity (Wildman–Crippen MR) is 119 cm³/mol. The Kier molecular flexibility index (Phi) is 8.35. The summed E-state index contributed by atoms with van der Waals surface area (Å²) < 4.78 is 40.0. The van der Waals surface area contributed by atoms with Crippen LogP contribution in [0.25, 0.3) is 0 Å². The van der Waals surface area contributed by atoms with Gasteiger partial charge < -0.3 is 10.2 Å². The van der Waals surface area contributed by atoms with E-state index in [0.29, 0.717) is 19.3 Å². The van der Waals surface area contributed by atoms with Gasteiger partial charge in [-0.2, -0.15) is 16.1 Å². The Labute approximate surface area is 187 Å². The van der Waals surface area contributed by atoms with Crippen molar-refractivity contribution in [3.63, 3.8) is 0 Å². The van der Waals surface area contributed by atoms with Crippen molar-refractivity contribution in [2.75, 3.05) is 38.2 Å². The zero-order valence-electron chi connectivity index (χ0n) is 17.8. The molecule has 1 N–H and O–H groups in total. The molecule has 2 aliphatic rings. The van der Waals surface area contributed by atoms with Gasteiger partial charge in [0, 0.05) is 32.1 Å². The second-order valence-corrected chi connectivity index (χ2v) is 10.9. The van der Waals surface area contributed by atoms with Crippen LogP contribution in [0.1, 0.15) is 32.1 Å². The number of sulfonamides is 1. The third kappa shape index (κ3) is 5.98. The van der Waals surface area contributed by atoms with Gasteiger partial charge in [-0.05, 0) is 68.4 Å². The van der Waals surface area contributed by atoms with Crippen LogP contribution in [0.2, 0.25) is 0 Å². The molecule has 0 saturated carbocycles. The van der Waals surface area contributed by atoms with Crippen molar-refractivity contribution in [2.45, 2.75) is 43.0 Å². The zero-order chi connectivity index (χ0) is 22.4. The van der Waals surface area contributed by atoms with E-state index in [-0.39, 0.29) is 35.7 Å². The Hall–Kier alpha value is -1.65. The average molecular weight is 472 g/mol. The summed E-state index contributed by atoms with van der Waals surface area (Å²) >= 11 is 1.64. The van der Waals surface area contributed by atoms with Gasteiger partial charge in [0.25, 0.3) is 0 Å². The summed E-state index contributed by atoms with van der Waals surface area (Å²) in [6.07, 6.45) is 5.32. The highest BCUT2D eigenvalue weighted by Crippen LogP contribution is 2.24. The number of piperidine rings is 1. The monoisotopic (exact) mass is 471 g/mol. The van der Waals surface area contributed by atoms with Crippen LogP contribution in [0.4, 0.5) is 4.39 Å². The lowest BCUT2D eigenvalue weighted by Gasteiger charge is -2.32. The maximum atomic E-state index is 13.1. The van der Waals surface area contributed by atoms with E-state index >= 15 is 0 Å². The molecule has 10 heteroatoms. The van der Waals surface area contributed by atoms with Crippen LogP contribution in [0.15, 0.2) is 29.2 Å². The normalized spacial score (nSPS) is 19.4. The van der Waals surface area contributed by atoms with E-state index in [4.69, 9.17) is 0 Å². The van der Waals surface area contributed by atoms with Crippen LogP contribution < -0.4 is 5.32 Å². The van der Waals surface area contributed by atoms with Crippen LogP contribution >= 0.6 is 11.8 Å². The molecule has 0 spiro atoms. The Morgan fingerprint density at radius 3 is 2.32 bits per heavy atom. The SMILES string of the molecule is CSCC[C@@H](NC(=O)C1CCN(S(=O)(=O)c2ccc(F)cc2)CC1)C(=O)N1CCCC1. The van der Waals surface area contributed by atoms with Crippen molar-refractivity contribution < 1.29 is 22.4 Å². The van der Waals surface area contributed by atoms with Crippen LogP contribution in [0.3, 0.4) is 0 Å². The minimum Gasteiger partial charge on any atom is -0.344 e. The van der Waals surface area contributed by atoms with Gasteiger partial charge in [0.2, 0.25) is 21.8 Å². The molecule has 0 aromatic heterocycles. The van der Waals surface area contributed by atoms with Crippen LogP contribution in [0, 0.1) is 11.7 Å². The molecule has 2 fully saturated rings. The van der Waals surface area contributed by atoms with Crippen molar-refractivity contribution >= 4 is 33.6 Å². The molecular weight excluding hydrogens is 441 g/mol. The van der Waals surface area contributed by atoms with Gasteiger partial charge in [0.05, 0.1) is 4.90 Å². The van der Waals surface area contributed by atoms with Crippen molar-refractivity contribution in [3.8, 4) is 0 Å². The van der Waals surface area contributed by atoms with Gasteiger partial charge in [-0.1, -0.05) is 0 Å². The summed E-state index contributed by atoms with van der Waals surface area (Å²) in [4.78, 5) is 27.5. The number of nitrogens with one attached hydrogen (secondary N) is 1. The van der Waals surface area contributed by atoms with Gasteiger partial charge in [0.1, 0.15) is 11.9 Å². The maximum Gasteiger partial charge on any atom is 0.245 e. The Balaban J connectivity index is 1.58. The van der Waals surface area contributed by atoms with Crippen molar-refractivity contribution in [2.24, 2.45) is 5.92 Å². The van der Waals surface area contributed by atoms with Crippen molar-refractivity contribution in [3.05, 3.63) is 30.1 Å². The molecule has 2 aliphatic heterocycles. The summed E-state index contributed by atoms with van der Waals surface area (Å²) in [5.74, 6) is -0.246. The molecule has 2 saturated heterocycles. The van der Waals surface area contributed by atoms with E-state index in [0.717, 1.165) is 43.8 Å². The fraction of sp³-hybridized carbons (Fsp3) is 0.619. The molecule has 1 atom stereocenters. The van der Waals surface area contributed by atoms with Gasteiger partial charge in [0.15, 0.2) is 0 Å². The van der Waals surface area contributed by atoms with Gasteiger partial charge >= 0.3 is 0 Å². The molecule has 2 amide bonds. The summed E-state index contributed by atoms with van der Waals surface area (Å²) in [6.45, 7) is 1.91. The minimum absolute atomic E-state index is 0.0174. The third-order valence-corrected chi connectivity index (χ3v) is 8.48. The highest BCUT2D eigenvalue weighted by molar-refractivity contribution is 7.98. The first-order valence-electron chi connectivity index (χ1n) is 10.7. The predicted octanol–water partition coefficient (Wildman–Crippen LogP) is 2.09. The molecule has 0 radical (unpaired) electrons. The number of hydrogen-bond acceptors (Lipinski definition) is 5. The van der Waals surface area contributed by atoms with E-state index < -0.39 is 21.9 Å². The molecule has 2 heterocycles. The van der Waals surface area contributed by atoms with Crippen LogP contribution in [-0.4, -0.2) is 73.7 Å². The average Bonchev–Trinajstić information content (AvgIpc) is 3.31. The first-order chi connectivity index (χ1) is 14.8. The highest BCUT2D eigenvalue weighted by atomic mass is 32.2. The number of likely N-dealkylation sites (tertiary alicyclic amines) is 1. The summed E-state index contributed by atoms with van der Waals surface area (Å²) in [5, 5.41) is 2.94. The third-order valence-electron chi connectivity index (χ3n) is 5.92. The van der Waals surface area contributed by atoms with Crippen LogP contribution in [0.5, 0.6) is 0 Å². The van der Waals surface area contributed by atoms with E-state index in [1.54, 1.807) is 11.8 Å². The number of thioether (sulfide) groups is 1. The summed E-state index contributed by atoms with van der Waals surface area (Å²) in [7, 11) is -3.72. The van der Waals surface area contributed by atoms with Crippen molar-refractivity contribution in [1.82, 2.24) is 14.5 Å². The molecule has 0 unspecified atom stereocenters. The van der Waals surface area contributed by atoms with E-state index in [9.17, 15) is 22.4 Å². The number of carbonyl (C=O) groups is 2. The molecule has 1 aromatic carbocycles. The summed E-state index contributed by atoms with van der Waals surface area (Å²) in [5.41, 5.74) is 0. The summed E-state index contributed by atoms with van der Waals surface area (Å²) in [6, 6.07) is 4.23. The largest absolute Gasteiger partial charge is 0.344 e. The number of carbonyl (C=O) groups excluding carboxylic acids is 2. The topological polar surface area (TPSA) is 86.8 Å². The molecule has 1 aromatic rings.